The molecule has 1 aliphatic rings. The van der Waals surface area contributed by atoms with Crippen LogP contribution in [0.4, 0.5) is 13.2 Å². The molecule has 0 saturated heterocycles. The highest BCUT2D eigenvalue weighted by Crippen LogP contribution is 2.48. The van der Waals surface area contributed by atoms with Gasteiger partial charge in [-0.15, -0.1) is 0 Å². The number of rotatable bonds is 3. The van der Waals surface area contributed by atoms with Gasteiger partial charge < -0.3 is 4.57 Å². The van der Waals surface area contributed by atoms with Crippen LogP contribution in [-0.4, -0.2) is 9.90 Å². The van der Waals surface area contributed by atoms with Crippen LogP contribution in [0.25, 0.3) is 0 Å². The number of aromatic nitrogens is 1. The maximum atomic E-state index is 12.8. The van der Waals surface area contributed by atoms with Gasteiger partial charge in [-0.05, 0) is 24.3 Å². The van der Waals surface area contributed by atoms with Crippen molar-refractivity contribution in [3.05, 3.63) is 34.2 Å². The Balaban J connectivity index is 2.42. The Labute approximate surface area is 105 Å². The lowest BCUT2D eigenvalue weighted by Crippen LogP contribution is -2.30. The number of halogens is 4. The van der Waals surface area contributed by atoms with Gasteiger partial charge in [0.2, 0.25) is 0 Å². The first-order chi connectivity index (χ1) is 7.88. The first kappa shape index (κ1) is 12.7. The molecule has 0 amide bonds. The summed E-state index contributed by atoms with van der Waals surface area (Å²) in [5.74, 6) is 0. The first-order valence-electron chi connectivity index (χ1n) is 5.21. The van der Waals surface area contributed by atoms with Crippen molar-refractivity contribution in [2.75, 3.05) is 5.33 Å². The summed E-state index contributed by atoms with van der Waals surface area (Å²) >= 11 is 3.29. The summed E-state index contributed by atoms with van der Waals surface area (Å²) < 4.78 is 39.1. The lowest BCUT2D eigenvalue weighted by Gasteiger charge is -2.19. The monoisotopic (exact) mass is 309 g/mol. The predicted octanol–water partition coefficient (Wildman–Crippen LogP) is 3.04. The highest BCUT2D eigenvalue weighted by molar-refractivity contribution is 9.09. The van der Waals surface area contributed by atoms with Gasteiger partial charge >= 0.3 is 6.18 Å². The molecule has 17 heavy (non-hydrogen) atoms. The lowest BCUT2D eigenvalue weighted by atomic mass is 10.1. The molecule has 0 bridgehead atoms. The summed E-state index contributed by atoms with van der Waals surface area (Å²) in [6.45, 7) is 0.132. The lowest BCUT2D eigenvalue weighted by molar-refractivity contribution is -0.144. The fourth-order valence-corrected chi connectivity index (χ4v) is 2.52. The maximum absolute atomic E-state index is 12.8. The molecule has 1 fully saturated rings. The third kappa shape index (κ3) is 2.56. The number of pyridine rings is 1. The van der Waals surface area contributed by atoms with Crippen LogP contribution < -0.4 is 5.56 Å². The Kier molecular flexibility index (Phi) is 3.10. The van der Waals surface area contributed by atoms with E-state index in [-0.39, 0.29) is 12.0 Å². The van der Waals surface area contributed by atoms with Crippen LogP contribution in [0.3, 0.4) is 0 Å². The summed E-state index contributed by atoms with van der Waals surface area (Å²) in [5.41, 5.74) is -1.63. The summed E-state index contributed by atoms with van der Waals surface area (Å²) in [4.78, 5) is 11.6. The summed E-state index contributed by atoms with van der Waals surface area (Å²) in [6.07, 6.45) is -2.77. The van der Waals surface area contributed by atoms with Crippen molar-refractivity contribution in [2.24, 2.45) is 5.41 Å². The first-order valence-corrected chi connectivity index (χ1v) is 6.33. The zero-order valence-corrected chi connectivity index (χ0v) is 10.5. The number of alkyl halides is 4. The normalized spacial score (nSPS) is 18.1. The molecule has 1 heterocycles. The van der Waals surface area contributed by atoms with Crippen molar-refractivity contribution in [3.8, 4) is 0 Å². The molecule has 0 aromatic carbocycles. The average Bonchev–Trinajstić information content (AvgIpc) is 3.00. The minimum atomic E-state index is -4.48. The van der Waals surface area contributed by atoms with Gasteiger partial charge in [-0.3, -0.25) is 4.79 Å². The molecule has 94 valence electrons. The molecule has 0 aliphatic heterocycles. The van der Waals surface area contributed by atoms with Crippen LogP contribution in [0.15, 0.2) is 23.0 Å². The van der Waals surface area contributed by atoms with Gasteiger partial charge in [-0.25, -0.2) is 0 Å². The molecule has 1 aromatic heterocycles. The van der Waals surface area contributed by atoms with Crippen LogP contribution in [0, 0.1) is 5.41 Å². The van der Waals surface area contributed by atoms with Crippen LogP contribution >= 0.6 is 15.9 Å². The Hall–Kier alpha value is -0.780. The van der Waals surface area contributed by atoms with Gasteiger partial charge in [-0.2, -0.15) is 13.2 Å². The van der Waals surface area contributed by atoms with Crippen molar-refractivity contribution >= 4 is 15.9 Å². The highest BCUT2D eigenvalue weighted by Gasteiger charge is 2.44. The number of hydrogen-bond acceptors (Lipinski definition) is 1. The SMILES string of the molecule is O=c1cccc(C(F)(F)F)n1CC1(CBr)CC1. The van der Waals surface area contributed by atoms with E-state index in [4.69, 9.17) is 0 Å². The van der Waals surface area contributed by atoms with Gasteiger partial charge in [0.05, 0.1) is 0 Å². The largest absolute Gasteiger partial charge is 0.431 e. The molecule has 0 radical (unpaired) electrons. The van der Waals surface area contributed by atoms with Crippen LogP contribution in [0.1, 0.15) is 18.5 Å². The molecule has 6 heteroatoms. The second-order valence-electron chi connectivity index (χ2n) is 4.47. The standard InChI is InChI=1S/C11H11BrF3NO/c12-6-10(4-5-10)7-16-8(11(13,14)15)2-1-3-9(16)17/h1-3H,4-7H2. The van der Waals surface area contributed by atoms with Crippen molar-refractivity contribution in [1.82, 2.24) is 4.57 Å². The van der Waals surface area contributed by atoms with Crippen LogP contribution in [-0.2, 0) is 12.7 Å². The minimum Gasteiger partial charge on any atom is -0.304 e. The topological polar surface area (TPSA) is 22.0 Å². The van der Waals surface area contributed by atoms with Crippen molar-refractivity contribution in [2.45, 2.75) is 25.6 Å². The maximum Gasteiger partial charge on any atom is 0.431 e. The third-order valence-corrected chi connectivity index (χ3v) is 4.26. The van der Waals surface area contributed by atoms with Crippen LogP contribution in [0.5, 0.6) is 0 Å². The third-order valence-electron chi connectivity index (χ3n) is 3.07. The van der Waals surface area contributed by atoms with Gasteiger partial charge in [0.15, 0.2) is 0 Å². The van der Waals surface area contributed by atoms with E-state index < -0.39 is 17.4 Å². The van der Waals surface area contributed by atoms with Crippen LogP contribution in [0.2, 0.25) is 0 Å². The smallest absolute Gasteiger partial charge is 0.304 e. The number of hydrogen-bond donors (Lipinski definition) is 0. The van der Waals surface area contributed by atoms with Crippen molar-refractivity contribution < 1.29 is 13.2 Å². The second-order valence-corrected chi connectivity index (χ2v) is 5.03. The Morgan fingerprint density at radius 2 is 2.00 bits per heavy atom. The summed E-state index contributed by atoms with van der Waals surface area (Å²) in [6, 6.07) is 3.26. The molecule has 1 aromatic rings. The van der Waals surface area contributed by atoms with Gasteiger partial charge in [0.25, 0.3) is 5.56 Å². The van der Waals surface area contributed by atoms with Crippen molar-refractivity contribution in [1.29, 1.82) is 0 Å². The molecule has 2 nitrogen and oxygen atoms in total. The van der Waals surface area contributed by atoms with Gasteiger partial charge in [0, 0.05) is 17.9 Å². The molecule has 1 saturated carbocycles. The fraction of sp³-hybridized carbons (Fsp3) is 0.545. The molecule has 2 rings (SSSR count). The molecular formula is C11H11BrF3NO. The second kappa shape index (κ2) is 4.15. The zero-order valence-electron chi connectivity index (χ0n) is 8.93. The molecule has 0 spiro atoms. The van der Waals surface area contributed by atoms with E-state index in [0.717, 1.165) is 29.5 Å². The summed E-state index contributed by atoms with van der Waals surface area (Å²) in [7, 11) is 0. The minimum absolute atomic E-state index is 0.132. The molecule has 0 unspecified atom stereocenters. The number of nitrogens with zero attached hydrogens (tertiary/aromatic N) is 1. The van der Waals surface area contributed by atoms with E-state index >= 15 is 0 Å². The average molecular weight is 310 g/mol. The zero-order chi connectivity index (χ0) is 12.7. The predicted molar refractivity (Wildman–Crippen MR) is 61.2 cm³/mol. The van der Waals surface area contributed by atoms with Crippen molar-refractivity contribution in [3.63, 3.8) is 0 Å². The Bertz CT molecular complexity index is 476. The van der Waals surface area contributed by atoms with Gasteiger partial charge in [0.1, 0.15) is 5.69 Å². The highest BCUT2D eigenvalue weighted by atomic mass is 79.9. The van der Waals surface area contributed by atoms with E-state index in [1.165, 1.54) is 6.07 Å². The molecule has 0 N–H and O–H groups in total. The van der Waals surface area contributed by atoms with E-state index in [9.17, 15) is 18.0 Å². The van der Waals surface area contributed by atoms with E-state index in [2.05, 4.69) is 15.9 Å². The molecular weight excluding hydrogens is 299 g/mol. The van der Waals surface area contributed by atoms with E-state index in [0.29, 0.717) is 5.33 Å². The van der Waals surface area contributed by atoms with Gasteiger partial charge in [-0.1, -0.05) is 22.0 Å². The quantitative estimate of drug-likeness (QED) is 0.787. The Morgan fingerprint density at radius 1 is 1.35 bits per heavy atom. The molecule has 0 atom stereocenters. The van der Waals surface area contributed by atoms with E-state index in [1.807, 2.05) is 0 Å². The fourth-order valence-electron chi connectivity index (χ4n) is 1.78. The Morgan fingerprint density at radius 3 is 2.47 bits per heavy atom. The molecule has 1 aliphatic carbocycles. The van der Waals surface area contributed by atoms with E-state index in [1.54, 1.807) is 0 Å². The summed E-state index contributed by atoms with van der Waals surface area (Å²) in [5, 5.41) is 0.624.